The smallest absolute Gasteiger partial charge is 0.314 e. The third-order valence-electron chi connectivity index (χ3n) is 6.97. The predicted octanol–water partition coefficient (Wildman–Crippen LogP) is 6.40. The third-order valence-corrected chi connectivity index (χ3v) is 6.97. The Bertz CT molecular complexity index is 909. The number of ether oxygens (including phenoxy) is 2. The molecule has 0 bridgehead atoms. The van der Waals surface area contributed by atoms with Crippen LogP contribution in [0.25, 0.3) is 11.1 Å². The number of fused-ring (bicyclic) bond motifs is 1. The summed E-state index contributed by atoms with van der Waals surface area (Å²) in [6, 6.07) is 9.41. The Morgan fingerprint density at radius 1 is 0.967 bits per heavy atom. The molecule has 5 heteroatoms. The number of hydrogen-bond donors (Lipinski definition) is 0. The van der Waals surface area contributed by atoms with Gasteiger partial charge in [-0.05, 0) is 73.3 Å². The van der Waals surface area contributed by atoms with E-state index >= 15 is 0 Å². The van der Waals surface area contributed by atoms with Crippen LogP contribution < -0.4 is 9.47 Å². The predicted molar refractivity (Wildman–Crippen MR) is 111 cm³/mol. The van der Waals surface area contributed by atoms with Crippen molar-refractivity contribution in [2.75, 3.05) is 7.11 Å². The van der Waals surface area contributed by atoms with Crippen LogP contribution in [0.2, 0.25) is 0 Å². The van der Waals surface area contributed by atoms with Gasteiger partial charge in [-0.3, -0.25) is 4.79 Å². The van der Waals surface area contributed by atoms with E-state index in [1.165, 1.54) is 38.5 Å². The number of benzene rings is 2. The number of esters is 1. The number of carbonyl (C=O) groups is 1. The van der Waals surface area contributed by atoms with Crippen LogP contribution in [0.5, 0.6) is 11.5 Å². The number of rotatable bonds is 6. The normalized spacial score (nSPS) is 25.2. The van der Waals surface area contributed by atoms with Gasteiger partial charge in [-0.25, -0.2) is 4.39 Å². The molecule has 0 N–H and O–H groups in total. The summed E-state index contributed by atoms with van der Waals surface area (Å²) in [7, 11) is 1.29. The summed E-state index contributed by atoms with van der Waals surface area (Å²) in [4.78, 5) is 12.8. The molecule has 2 aliphatic rings. The monoisotopic (exact) mass is 414 g/mol. The molecule has 0 amide bonds. The molecule has 0 heterocycles. The van der Waals surface area contributed by atoms with E-state index in [1.54, 1.807) is 24.3 Å². The Morgan fingerprint density at radius 2 is 1.70 bits per heavy atom. The first kappa shape index (κ1) is 20.8. The molecule has 2 aromatic carbocycles. The minimum Gasteiger partial charge on any atom is -0.494 e. The molecule has 30 heavy (non-hydrogen) atoms. The molecule has 0 radical (unpaired) electrons. The van der Waals surface area contributed by atoms with Gasteiger partial charge in [0.25, 0.3) is 0 Å². The van der Waals surface area contributed by atoms with Crippen LogP contribution in [0.3, 0.4) is 0 Å². The summed E-state index contributed by atoms with van der Waals surface area (Å²) in [6.45, 7) is 2.23. The summed E-state index contributed by atoms with van der Waals surface area (Å²) in [5.41, 5.74) is 0.644. The summed E-state index contributed by atoms with van der Waals surface area (Å²) < 4.78 is 38.8. The zero-order valence-corrected chi connectivity index (χ0v) is 17.5. The van der Waals surface area contributed by atoms with E-state index in [0.717, 1.165) is 25.2 Å². The van der Waals surface area contributed by atoms with Crippen molar-refractivity contribution in [3.05, 3.63) is 48.0 Å². The molecule has 2 saturated carbocycles. The second-order valence-electron chi connectivity index (χ2n) is 8.53. The van der Waals surface area contributed by atoms with E-state index in [4.69, 9.17) is 9.47 Å². The second kappa shape index (κ2) is 8.75. The van der Waals surface area contributed by atoms with Gasteiger partial charge in [0.05, 0.1) is 13.0 Å². The maximum atomic E-state index is 14.3. The molecule has 0 saturated heterocycles. The van der Waals surface area contributed by atoms with Gasteiger partial charge in [-0.1, -0.05) is 31.9 Å². The van der Waals surface area contributed by atoms with Crippen molar-refractivity contribution in [1.82, 2.24) is 0 Å². The highest BCUT2D eigenvalue weighted by Crippen LogP contribution is 2.52. The van der Waals surface area contributed by atoms with Gasteiger partial charge >= 0.3 is 5.97 Å². The highest BCUT2D eigenvalue weighted by molar-refractivity contribution is 5.76. The van der Waals surface area contributed by atoms with E-state index in [1.807, 2.05) is 0 Å². The third kappa shape index (κ3) is 3.82. The topological polar surface area (TPSA) is 35.5 Å². The number of hydrogen-bond acceptors (Lipinski definition) is 3. The van der Waals surface area contributed by atoms with E-state index in [9.17, 15) is 13.6 Å². The second-order valence-corrected chi connectivity index (χ2v) is 8.53. The van der Waals surface area contributed by atoms with Crippen molar-refractivity contribution in [1.29, 1.82) is 0 Å². The fraction of sp³-hybridized carbons (Fsp3) is 0.480. The lowest BCUT2D eigenvalue weighted by Gasteiger charge is -2.19. The van der Waals surface area contributed by atoms with Crippen molar-refractivity contribution in [3.8, 4) is 22.6 Å². The van der Waals surface area contributed by atoms with Crippen LogP contribution >= 0.6 is 0 Å². The lowest BCUT2D eigenvalue weighted by atomic mass is 9.87. The van der Waals surface area contributed by atoms with Gasteiger partial charge in [0.2, 0.25) is 5.82 Å². The Hall–Kier alpha value is -2.43. The van der Waals surface area contributed by atoms with E-state index in [0.29, 0.717) is 23.1 Å². The van der Waals surface area contributed by atoms with Crippen molar-refractivity contribution < 1.29 is 23.0 Å². The first-order valence-corrected chi connectivity index (χ1v) is 10.9. The molecule has 4 rings (SSSR count). The van der Waals surface area contributed by atoms with E-state index in [2.05, 4.69) is 6.92 Å². The number of methoxy groups -OCH3 is 1. The molecular weight excluding hydrogens is 386 g/mol. The fourth-order valence-corrected chi connectivity index (χ4v) is 5.55. The van der Waals surface area contributed by atoms with Gasteiger partial charge in [-0.2, -0.15) is 4.39 Å². The largest absolute Gasteiger partial charge is 0.494 e. The molecule has 4 unspecified atom stereocenters. The van der Waals surface area contributed by atoms with Crippen molar-refractivity contribution in [2.24, 2.45) is 23.7 Å². The average Bonchev–Trinajstić information content (AvgIpc) is 3.34. The van der Waals surface area contributed by atoms with Crippen molar-refractivity contribution in [3.63, 3.8) is 0 Å². The van der Waals surface area contributed by atoms with E-state index in [-0.39, 0.29) is 23.2 Å². The average molecular weight is 414 g/mol. The molecule has 2 fully saturated rings. The summed E-state index contributed by atoms with van der Waals surface area (Å²) >= 11 is 0. The molecular formula is C25H28F2O3. The van der Waals surface area contributed by atoms with Crippen LogP contribution in [0.15, 0.2) is 36.4 Å². The molecule has 160 valence electrons. The quantitative estimate of drug-likeness (QED) is 0.405. The van der Waals surface area contributed by atoms with Gasteiger partial charge in [0.15, 0.2) is 11.6 Å². The molecule has 2 aromatic rings. The summed E-state index contributed by atoms with van der Waals surface area (Å²) in [5, 5.41) is 0. The molecule has 0 spiro atoms. The number of halogens is 2. The molecule has 0 aliphatic heterocycles. The maximum absolute atomic E-state index is 14.3. The molecule has 2 aliphatic carbocycles. The van der Waals surface area contributed by atoms with Gasteiger partial charge in [-0.15, -0.1) is 0 Å². The van der Waals surface area contributed by atoms with Crippen LogP contribution in [0, 0.1) is 35.3 Å². The Balaban J connectivity index is 1.43. The molecule has 3 nitrogen and oxygen atoms in total. The van der Waals surface area contributed by atoms with Crippen LogP contribution in [-0.2, 0) is 4.79 Å². The van der Waals surface area contributed by atoms with Crippen LogP contribution in [0.4, 0.5) is 8.78 Å². The minimum atomic E-state index is -1.01. The maximum Gasteiger partial charge on any atom is 0.314 e. The van der Waals surface area contributed by atoms with Gasteiger partial charge < -0.3 is 9.47 Å². The van der Waals surface area contributed by atoms with Crippen molar-refractivity contribution >= 4 is 5.97 Å². The van der Waals surface area contributed by atoms with Gasteiger partial charge in [0, 0.05) is 5.56 Å². The first-order chi connectivity index (χ1) is 14.5. The Labute approximate surface area is 176 Å². The standard InChI is InChI=1S/C25H28F2O3/c1-3-4-15-7-10-20-18(15)11-12-21(20)25(28)30-17-8-5-16(6-9-17)19-13-14-22(29-2)24(27)23(19)26/h5-6,8-9,13-15,18,20-21H,3-4,7,10-12H2,1-2H3. The summed E-state index contributed by atoms with van der Waals surface area (Å²) in [5.74, 6) is 0.0192. The van der Waals surface area contributed by atoms with Gasteiger partial charge in [0.1, 0.15) is 5.75 Å². The lowest BCUT2D eigenvalue weighted by molar-refractivity contribution is -0.140. The lowest BCUT2D eigenvalue weighted by Crippen LogP contribution is -2.25. The number of carbonyl (C=O) groups excluding carboxylic acids is 1. The van der Waals surface area contributed by atoms with Crippen LogP contribution in [-0.4, -0.2) is 13.1 Å². The zero-order valence-electron chi connectivity index (χ0n) is 17.5. The van der Waals surface area contributed by atoms with Crippen molar-refractivity contribution in [2.45, 2.75) is 45.4 Å². The first-order valence-electron chi connectivity index (χ1n) is 10.9. The highest BCUT2D eigenvalue weighted by Gasteiger charge is 2.47. The zero-order chi connectivity index (χ0) is 21.3. The minimum absolute atomic E-state index is 0.0235. The molecule has 0 aromatic heterocycles. The SMILES string of the molecule is CCCC1CCC2C(C(=O)Oc3ccc(-c4ccc(OC)c(F)c4F)cc3)CCC12. The molecule has 4 atom stereocenters. The van der Waals surface area contributed by atoms with E-state index < -0.39 is 11.6 Å². The fourth-order valence-electron chi connectivity index (χ4n) is 5.55. The Morgan fingerprint density at radius 3 is 2.40 bits per heavy atom. The highest BCUT2D eigenvalue weighted by atomic mass is 19.2. The Kier molecular flexibility index (Phi) is 6.07. The van der Waals surface area contributed by atoms with Crippen LogP contribution in [0.1, 0.15) is 45.4 Å². The summed E-state index contributed by atoms with van der Waals surface area (Å²) in [6.07, 6.45) is 6.84.